The third kappa shape index (κ3) is 3.25. The highest BCUT2D eigenvalue weighted by Crippen LogP contribution is 2.28. The first kappa shape index (κ1) is 13.8. The van der Waals surface area contributed by atoms with E-state index in [9.17, 15) is 9.18 Å². The van der Waals surface area contributed by atoms with Crippen LogP contribution < -0.4 is 11.1 Å². The number of carbonyl (C=O) groups excluding carboxylic acids is 1. The van der Waals surface area contributed by atoms with E-state index in [1.54, 1.807) is 0 Å². The maximum absolute atomic E-state index is 13.1. The van der Waals surface area contributed by atoms with Gasteiger partial charge in [0.15, 0.2) is 0 Å². The van der Waals surface area contributed by atoms with E-state index in [1.807, 2.05) is 0 Å². The summed E-state index contributed by atoms with van der Waals surface area (Å²) in [5.41, 5.74) is 5.92. The lowest BCUT2D eigenvalue weighted by Crippen LogP contribution is -2.42. The summed E-state index contributed by atoms with van der Waals surface area (Å²) in [5.74, 6) is 0.546. The molecular formula is C15H21FN2O. The van der Waals surface area contributed by atoms with Gasteiger partial charge in [0.05, 0.1) is 5.69 Å². The van der Waals surface area contributed by atoms with Crippen LogP contribution in [0.2, 0.25) is 0 Å². The number of hydrogen-bond donors (Lipinski definition) is 2. The molecule has 3 N–H and O–H groups in total. The summed E-state index contributed by atoms with van der Waals surface area (Å²) in [6.07, 6.45) is 3.28. The third-order valence-electron chi connectivity index (χ3n) is 4.01. The molecule has 0 radical (unpaired) electrons. The number of nitrogens with two attached hydrogens (primary N) is 1. The molecule has 19 heavy (non-hydrogen) atoms. The Bertz CT molecular complexity index is 475. The van der Waals surface area contributed by atoms with Crippen molar-refractivity contribution in [2.75, 3.05) is 5.73 Å². The van der Waals surface area contributed by atoms with Crippen molar-refractivity contribution >= 4 is 11.6 Å². The lowest BCUT2D eigenvalue weighted by Gasteiger charge is -2.33. The van der Waals surface area contributed by atoms with Crippen LogP contribution in [0.5, 0.6) is 0 Å². The van der Waals surface area contributed by atoms with Crippen molar-refractivity contribution in [2.24, 2.45) is 11.8 Å². The summed E-state index contributed by atoms with van der Waals surface area (Å²) in [7, 11) is 0. The fourth-order valence-electron chi connectivity index (χ4n) is 2.82. The molecule has 4 heteroatoms. The first-order valence-corrected chi connectivity index (χ1v) is 6.83. The SMILES string of the molecule is CC1CCC(NC(=O)c2ccc(F)c(N)c2)C(C)C1. The van der Waals surface area contributed by atoms with E-state index in [-0.39, 0.29) is 17.6 Å². The van der Waals surface area contributed by atoms with Gasteiger partial charge in [-0.15, -0.1) is 0 Å². The monoisotopic (exact) mass is 264 g/mol. The Morgan fingerprint density at radius 1 is 1.37 bits per heavy atom. The zero-order valence-corrected chi connectivity index (χ0v) is 11.4. The summed E-state index contributed by atoms with van der Waals surface area (Å²) in [6.45, 7) is 4.41. The molecule has 1 aromatic carbocycles. The van der Waals surface area contributed by atoms with Crippen LogP contribution in [-0.4, -0.2) is 11.9 Å². The van der Waals surface area contributed by atoms with Gasteiger partial charge in [0, 0.05) is 11.6 Å². The number of benzene rings is 1. The average Bonchev–Trinajstić information content (AvgIpc) is 2.36. The Morgan fingerprint density at radius 2 is 2.11 bits per heavy atom. The highest BCUT2D eigenvalue weighted by Gasteiger charge is 2.26. The molecule has 3 atom stereocenters. The number of hydrogen-bond acceptors (Lipinski definition) is 2. The van der Waals surface area contributed by atoms with Crippen LogP contribution in [0.15, 0.2) is 18.2 Å². The van der Waals surface area contributed by atoms with E-state index in [0.717, 1.165) is 25.2 Å². The predicted octanol–water partition coefficient (Wildman–Crippen LogP) is 2.96. The number of anilines is 1. The molecule has 0 aromatic heterocycles. The van der Waals surface area contributed by atoms with E-state index in [1.165, 1.54) is 18.2 Å². The van der Waals surface area contributed by atoms with Gasteiger partial charge in [-0.05, 0) is 49.3 Å². The Morgan fingerprint density at radius 3 is 2.74 bits per heavy atom. The van der Waals surface area contributed by atoms with E-state index in [2.05, 4.69) is 19.2 Å². The van der Waals surface area contributed by atoms with Crippen molar-refractivity contribution in [3.05, 3.63) is 29.6 Å². The van der Waals surface area contributed by atoms with E-state index in [0.29, 0.717) is 11.5 Å². The van der Waals surface area contributed by atoms with Crippen molar-refractivity contribution in [1.29, 1.82) is 0 Å². The second-order valence-electron chi connectivity index (χ2n) is 5.71. The smallest absolute Gasteiger partial charge is 0.251 e. The van der Waals surface area contributed by atoms with Gasteiger partial charge in [0.2, 0.25) is 0 Å². The van der Waals surface area contributed by atoms with Gasteiger partial charge in [-0.2, -0.15) is 0 Å². The minimum Gasteiger partial charge on any atom is -0.396 e. The highest BCUT2D eigenvalue weighted by molar-refractivity contribution is 5.95. The first-order valence-electron chi connectivity index (χ1n) is 6.83. The van der Waals surface area contributed by atoms with E-state index >= 15 is 0 Å². The molecular weight excluding hydrogens is 243 g/mol. The largest absolute Gasteiger partial charge is 0.396 e. The fourth-order valence-corrected chi connectivity index (χ4v) is 2.82. The molecule has 0 bridgehead atoms. The summed E-state index contributed by atoms with van der Waals surface area (Å²) >= 11 is 0. The molecule has 0 heterocycles. The lowest BCUT2D eigenvalue weighted by atomic mass is 9.80. The number of nitrogens with one attached hydrogen (secondary N) is 1. The van der Waals surface area contributed by atoms with Crippen LogP contribution >= 0.6 is 0 Å². The van der Waals surface area contributed by atoms with Crippen LogP contribution in [0, 0.1) is 17.7 Å². The zero-order valence-electron chi connectivity index (χ0n) is 11.4. The zero-order chi connectivity index (χ0) is 14.0. The minimum absolute atomic E-state index is 0.0120. The van der Waals surface area contributed by atoms with Crippen LogP contribution in [0.4, 0.5) is 10.1 Å². The van der Waals surface area contributed by atoms with Gasteiger partial charge in [0.1, 0.15) is 5.82 Å². The third-order valence-corrected chi connectivity index (χ3v) is 4.01. The van der Waals surface area contributed by atoms with Gasteiger partial charge in [-0.25, -0.2) is 4.39 Å². The molecule has 0 saturated heterocycles. The van der Waals surface area contributed by atoms with Crippen LogP contribution in [0.3, 0.4) is 0 Å². The van der Waals surface area contributed by atoms with Crippen LogP contribution in [-0.2, 0) is 0 Å². The lowest BCUT2D eigenvalue weighted by molar-refractivity contribution is 0.0899. The topological polar surface area (TPSA) is 55.1 Å². The number of carbonyl (C=O) groups is 1. The molecule has 1 aliphatic carbocycles. The summed E-state index contributed by atoms with van der Waals surface area (Å²) < 4.78 is 13.1. The van der Waals surface area contributed by atoms with Gasteiger partial charge in [0.25, 0.3) is 5.91 Å². The van der Waals surface area contributed by atoms with Crippen molar-refractivity contribution < 1.29 is 9.18 Å². The highest BCUT2D eigenvalue weighted by atomic mass is 19.1. The van der Waals surface area contributed by atoms with Crippen molar-refractivity contribution in [3.8, 4) is 0 Å². The summed E-state index contributed by atoms with van der Waals surface area (Å²) in [6, 6.07) is 4.30. The van der Waals surface area contributed by atoms with Gasteiger partial charge in [-0.3, -0.25) is 4.79 Å². The molecule has 104 valence electrons. The fraction of sp³-hybridized carbons (Fsp3) is 0.533. The van der Waals surface area contributed by atoms with Gasteiger partial charge in [-0.1, -0.05) is 13.8 Å². The molecule has 1 fully saturated rings. The summed E-state index contributed by atoms with van der Waals surface area (Å²) in [4.78, 5) is 12.1. The molecule has 1 aromatic rings. The molecule has 0 aliphatic heterocycles. The Kier molecular flexibility index (Phi) is 4.08. The molecule has 3 unspecified atom stereocenters. The maximum Gasteiger partial charge on any atom is 0.251 e. The van der Waals surface area contributed by atoms with Crippen molar-refractivity contribution in [1.82, 2.24) is 5.32 Å². The van der Waals surface area contributed by atoms with Gasteiger partial charge < -0.3 is 11.1 Å². The second kappa shape index (κ2) is 5.59. The first-order chi connectivity index (χ1) is 8.97. The number of halogens is 1. The standard InChI is InChI=1S/C15H21FN2O/c1-9-3-6-14(10(2)7-9)18-15(19)11-4-5-12(16)13(17)8-11/h4-5,8-10,14H,3,6-7,17H2,1-2H3,(H,18,19). The average molecular weight is 264 g/mol. The van der Waals surface area contributed by atoms with Crippen molar-refractivity contribution in [2.45, 2.75) is 39.2 Å². The summed E-state index contributed by atoms with van der Waals surface area (Å²) in [5, 5.41) is 3.04. The molecule has 0 spiro atoms. The number of nitrogen functional groups attached to an aromatic ring is 1. The molecule has 2 rings (SSSR count). The molecule has 1 saturated carbocycles. The molecule has 1 amide bonds. The normalized spacial score (nSPS) is 27.0. The van der Waals surface area contributed by atoms with Gasteiger partial charge >= 0.3 is 0 Å². The number of amides is 1. The molecule has 1 aliphatic rings. The maximum atomic E-state index is 13.1. The van der Waals surface area contributed by atoms with Crippen LogP contribution in [0.1, 0.15) is 43.5 Å². The Hall–Kier alpha value is -1.58. The van der Waals surface area contributed by atoms with E-state index < -0.39 is 5.82 Å². The predicted molar refractivity (Wildman–Crippen MR) is 74.2 cm³/mol. The number of rotatable bonds is 2. The second-order valence-corrected chi connectivity index (χ2v) is 5.71. The van der Waals surface area contributed by atoms with Crippen LogP contribution in [0.25, 0.3) is 0 Å². The molecule has 3 nitrogen and oxygen atoms in total. The van der Waals surface area contributed by atoms with E-state index in [4.69, 9.17) is 5.73 Å². The Balaban J connectivity index is 2.02. The minimum atomic E-state index is -0.489. The van der Waals surface area contributed by atoms with Crippen molar-refractivity contribution in [3.63, 3.8) is 0 Å². The quantitative estimate of drug-likeness (QED) is 0.807. The Labute approximate surface area is 113 Å².